The van der Waals surface area contributed by atoms with Crippen LogP contribution in [0.3, 0.4) is 0 Å². The third kappa shape index (κ3) is 3.38. The van der Waals surface area contributed by atoms with Crippen molar-refractivity contribution in [3.05, 3.63) is 42.2 Å². The second-order valence-electron chi connectivity index (χ2n) is 4.70. The van der Waals surface area contributed by atoms with Crippen LogP contribution in [0.2, 0.25) is 0 Å². The van der Waals surface area contributed by atoms with E-state index in [4.69, 9.17) is 5.73 Å². The van der Waals surface area contributed by atoms with Gasteiger partial charge in [-0.15, -0.1) is 24.8 Å². The van der Waals surface area contributed by atoms with Gasteiger partial charge in [0.05, 0.1) is 6.54 Å². The number of benzene rings is 1. The summed E-state index contributed by atoms with van der Waals surface area (Å²) >= 11 is 0. The van der Waals surface area contributed by atoms with Crippen LogP contribution in [0.25, 0.3) is 0 Å². The minimum Gasteiger partial charge on any atom is -0.398 e. The molecule has 0 unspecified atom stereocenters. The molecular formula is C14H20Cl2N4. The van der Waals surface area contributed by atoms with Gasteiger partial charge in [-0.2, -0.15) is 5.10 Å². The maximum absolute atomic E-state index is 6.05. The number of rotatable bonds is 3. The maximum Gasteiger partial charge on any atom is 0.0584 e. The highest BCUT2D eigenvalue weighted by atomic mass is 35.5. The fraction of sp³-hybridized carbons (Fsp3) is 0.357. The number of fused-ring (bicyclic) bond motifs is 1. The van der Waals surface area contributed by atoms with Crippen LogP contribution in [-0.2, 0) is 13.0 Å². The highest BCUT2D eigenvalue weighted by Gasteiger charge is 2.17. The summed E-state index contributed by atoms with van der Waals surface area (Å²) in [5.74, 6) is 0. The summed E-state index contributed by atoms with van der Waals surface area (Å²) in [4.78, 5) is 2.41. The Kier molecular flexibility index (Phi) is 6.17. The third-order valence-electron chi connectivity index (χ3n) is 3.54. The number of anilines is 2. The predicted octanol–water partition coefficient (Wildman–Crippen LogP) is 2.76. The highest BCUT2D eigenvalue weighted by Crippen LogP contribution is 2.30. The lowest BCUT2D eigenvalue weighted by Gasteiger charge is -2.32. The first-order chi connectivity index (χ1) is 8.84. The lowest BCUT2D eigenvalue weighted by molar-refractivity contribution is 0.579. The molecule has 1 aromatic carbocycles. The number of nitrogens with zero attached hydrogens (tertiary/aromatic N) is 3. The van der Waals surface area contributed by atoms with E-state index in [2.05, 4.69) is 16.1 Å². The van der Waals surface area contributed by atoms with Crippen molar-refractivity contribution in [3.63, 3.8) is 0 Å². The molecule has 0 saturated heterocycles. The standard InChI is InChI=1S/C14H18N4.2ClH/c15-13-5-1-6-14-12(13)4-2-8-17(14)10-11-18-9-3-7-16-18;;/h1,3,5-7,9H,2,4,8,10-11,15H2;2*1H. The van der Waals surface area contributed by atoms with Crippen LogP contribution in [0.4, 0.5) is 11.4 Å². The molecule has 1 aromatic heterocycles. The quantitative estimate of drug-likeness (QED) is 0.886. The summed E-state index contributed by atoms with van der Waals surface area (Å²) in [5.41, 5.74) is 9.59. The maximum atomic E-state index is 6.05. The van der Waals surface area contributed by atoms with Crippen molar-refractivity contribution in [3.8, 4) is 0 Å². The number of hydrogen-bond donors (Lipinski definition) is 1. The van der Waals surface area contributed by atoms with Gasteiger partial charge in [-0.1, -0.05) is 6.07 Å². The van der Waals surface area contributed by atoms with E-state index in [0.717, 1.165) is 31.7 Å². The molecule has 0 atom stereocenters. The van der Waals surface area contributed by atoms with Gasteiger partial charge >= 0.3 is 0 Å². The van der Waals surface area contributed by atoms with Crippen molar-refractivity contribution in [1.29, 1.82) is 0 Å². The average Bonchev–Trinajstić information content (AvgIpc) is 2.90. The Bertz CT molecular complexity index is 528. The molecule has 2 N–H and O–H groups in total. The van der Waals surface area contributed by atoms with Crippen LogP contribution < -0.4 is 10.6 Å². The lowest BCUT2D eigenvalue weighted by Crippen LogP contribution is -2.32. The Hall–Kier alpha value is -1.39. The molecule has 1 aliphatic heterocycles. The Balaban J connectivity index is 0.000001000. The lowest BCUT2D eigenvalue weighted by atomic mass is 10.00. The minimum atomic E-state index is 0. The van der Waals surface area contributed by atoms with Crippen LogP contribution in [-0.4, -0.2) is 22.9 Å². The summed E-state index contributed by atoms with van der Waals surface area (Å²) in [5, 5.41) is 4.24. The number of nitrogen functional groups attached to an aromatic ring is 1. The Labute approximate surface area is 131 Å². The Morgan fingerprint density at radius 3 is 2.75 bits per heavy atom. The molecule has 0 saturated carbocycles. The smallest absolute Gasteiger partial charge is 0.0584 e. The molecule has 4 nitrogen and oxygen atoms in total. The molecule has 1 aliphatic rings. The second-order valence-corrected chi connectivity index (χ2v) is 4.70. The van der Waals surface area contributed by atoms with E-state index in [1.807, 2.05) is 35.3 Å². The molecule has 20 heavy (non-hydrogen) atoms. The van der Waals surface area contributed by atoms with E-state index in [-0.39, 0.29) is 24.8 Å². The number of halogens is 2. The SMILES string of the molecule is Cl.Cl.Nc1cccc2c1CCCN2CCn1cccn1. The van der Waals surface area contributed by atoms with Crippen LogP contribution in [0.1, 0.15) is 12.0 Å². The largest absolute Gasteiger partial charge is 0.398 e. The number of hydrogen-bond acceptors (Lipinski definition) is 3. The summed E-state index contributed by atoms with van der Waals surface area (Å²) in [6.07, 6.45) is 6.10. The number of nitrogens with two attached hydrogens (primary N) is 1. The molecule has 6 heteroatoms. The van der Waals surface area contributed by atoms with Crippen molar-refractivity contribution < 1.29 is 0 Å². The van der Waals surface area contributed by atoms with Gasteiger partial charge in [0.1, 0.15) is 0 Å². The van der Waals surface area contributed by atoms with Crippen LogP contribution in [0.5, 0.6) is 0 Å². The fourth-order valence-electron chi connectivity index (χ4n) is 2.62. The normalized spacial score (nSPS) is 13.1. The van der Waals surface area contributed by atoms with Gasteiger partial charge in [-0.25, -0.2) is 0 Å². The summed E-state index contributed by atoms with van der Waals surface area (Å²) in [6, 6.07) is 8.17. The summed E-state index contributed by atoms with van der Waals surface area (Å²) in [6.45, 7) is 3.01. The van der Waals surface area contributed by atoms with Gasteiger partial charge in [0, 0.05) is 36.9 Å². The molecule has 0 bridgehead atoms. The van der Waals surface area contributed by atoms with Gasteiger partial charge in [0.15, 0.2) is 0 Å². The van der Waals surface area contributed by atoms with Crippen LogP contribution >= 0.6 is 24.8 Å². The van der Waals surface area contributed by atoms with Gasteiger partial charge in [-0.3, -0.25) is 4.68 Å². The topological polar surface area (TPSA) is 47.1 Å². The average molecular weight is 315 g/mol. The van der Waals surface area contributed by atoms with E-state index in [0.29, 0.717) is 0 Å². The van der Waals surface area contributed by atoms with Gasteiger partial charge < -0.3 is 10.6 Å². The molecule has 0 spiro atoms. The Morgan fingerprint density at radius 1 is 1.15 bits per heavy atom. The first kappa shape index (κ1) is 16.7. The van der Waals surface area contributed by atoms with E-state index in [1.54, 1.807) is 0 Å². The zero-order valence-electron chi connectivity index (χ0n) is 11.2. The molecule has 0 aliphatic carbocycles. The highest BCUT2D eigenvalue weighted by molar-refractivity contribution is 5.85. The van der Waals surface area contributed by atoms with Crippen molar-refractivity contribution >= 4 is 36.2 Å². The first-order valence-corrected chi connectivity index (χ1v) is 6.44. The molecule has 3 rings (SSSR count). The molecule has 2 heterocycles. The molecule has 0 fully saturated rings. The van der Waals surface area contributed by atoms with Gasteiger partial charge in [0.2, 0.25) is 0 Å². The van der Waals surface area contributed by atoms with Crippen molar-refractivity contribution in [2.75, 3.05) is 23.7 Å². The molecule has 110 valence electrons. The molecule has 2 aromatic rings. The van der Waals surface area contributed by atoms with E-state index < -0.39 is 0 Å². The fourth-order valence-corrected chi connectivity index (χ4v) is 2.62. The van der Waals surface area contributed by atoms with E-state index >= 15 is 0 Å². The first-order valence-electron chi connectivity index (χ1n) is 6.44. The van der Waals surface area contributed by atoms with E-state index in [9.17, 15) is 0 Å². The zero-order chi connectivity index (χ0) is 12.4. The van der Waals surface area contributed by atoms with Crippen molar-refractivity contribution in [2.24, 2.45) is 0 Å². The molecular weight excluding hydrogens is 295 g/mol. The monoisotopic (exact) mass is 314 g/mol. The third-order valence-corrected chi connectivity index (χ3v) is 3.54. The van der Waals surface area contributed by atoms with E-state index in [1.165, 1.54) is 17.7 Å². The van der Waals surface area contributed by atoms with Crippen molar-refractivity contribution in [2.45, 2.75) is 19.4 Å². The second kappa shape index (κ2) is 7.41. The summed E-state index contributed by atoms with van der Waals surface area (Å²) in [7, 11) is 0. The van der Waals surface area contributed by atoms with Gasteiger partial charge in [-0.05, 0) is 36.6 Å². The minimum absolute atomic E-state index is 0. The van der Waals surface area contributed by atoms with Crippen LogP contribution in [0, 0.1) is 0 Å². The molecule has 0 radical (unpaired) electrons. The summed E-state index contributed by atoms with van der Waals surface area (Å²) < 4.78 is 1.97. The Morgan fingerprint density at radius 2 is 2.00 bits per heavy atom. The van der Waals surface area contributed by atoms with Gasteiger partial charge in [0.25, 0.3) is 0 Å². The predicted molar refractivity (Wildman–Crippen MR) is 88.1 cm³/mol. The number of aromatic nitrogens is 2. The zero-order valence-corrected chi connectivity index (χ0v) is 12.9. The van der Waals surface area contributed by atoms with Crippen molar-refractivity contribution in [1.82, 2.24) is 9.78 Å². The van der Waals surface area contributed by atoms with Crippen LogP contribution in [0.15, 0.2) is 36.7 Å². The molecule has 0 amide bonds.